The lowest BCUT2D eigenvalue weighted by molar-refractivity contribution is -0.132. The minimum atomic E-state index is -0.649. The average Bonchev–Trinajstić information content (AvgIpc) is 2.76. The van der Waals surface area contributed by atoms with Gasteiger partial charge < -0.3 is 15.6 Å². The van der Waals surface area contributed by atoms with Gasteiger partial charge in [0, 0.05) is 13.0 Å². The van der Waals surface area contributed by atoms with Crippen LogP contribution in [0.2, 0.25) is 0 Å². The quantitative estimate of drug-likeness (QED) is 0.752. The Labute approximate surface area is 110 Å². The van der Waals surface area contributed by atoms with Crippen molar-refractivity contribution >= 4 is 23.1 Å². The van der Waals surface area contributed by atoms with Crippen LogP contribution in [0.4, 0.5) is 0 Å². The molecule has 1 amide bonds. The van der Waals surface area contributed by atoms with Gasteiger partial charge in [-0.2, -0.15) is 4.98 Å². The van der Waals surface area contributed by atoms with Crippen LogP contribution < -0.4 is 11.1 Å². The first-order valence-electron chi connectivity index (χ1n) is 5.88. The summed E-state index contributed by atoms with van der Waals surface area (Å²) < 4.78 is 4.84. The maximum atomic E-state index is 12.1. The minimum Gasteiger partial charge on any atom is -0.392 e. The van der Waals surface area contributed by atoms with Crippen LogP contribution in [0.25, 0.3) is 0 Å². The van der Waals surface area contributed by atoms with E-state index >= 15 is 0 Å². The predicted octanol–water partition coefficient (Wildman–Crippen LogP) is 0.431. The van der Waals surface area contributed by atoms with Crippen LogP contribution in [-0.4, -0.2) is 27.6 Å². The van der Waals surface area contributed by atoms with Crippen LogP contribution in [0.1, 0.15) is 25.7 Å². The summed E-state index contributed by atoms with van der Waals surface area (Å²) in [5.74, 6) is 0.905. The van der Waals surface area contributed by atoms with Crippen molar-refractivity contribution in [2.24, 2.45) is 17.1 Å². The molecule has 1 saturated carbocycles. The number of thiocarbonyl (C=S) groups is 1. The molecule has 0 unspecified atom stereocenters. The summed E-state index contributed by atoms with van der Waals surface area (Å²) in [6, 6.07) is 0. The predicted molar refractivity (Wildman–Crippen MR) is 68.6 cm³/mol. The number of nitrogens with one attached hydrogen (secondary N) is 1. The Bertz CT molecular complexity index is 440. The number of carbonyl (C=O) groups is 1. The van der Waals surface area contributed by atoms with E-state index in [4.69, 9.17) is 22.5 Å². The molecule has 0 spiro atoms. The van der Waals surface area contributed by atoms with Gasteiger partial charge in [-0.25, -0.2) is 0 Å². The maximum Gasteiger partial charge on any atom is 0.233 e. The summed E-state index contributed by atoms with van der Waals surface area (Å²) in [5.41, 5.74) is 5.04. The molecule has 0 saturated heterocycles. The molecular formula is C11H16N4O2S. The van der Waals surface area contributed by atoms with E-state index in [1.807, 2.05) is 0 Å². The van der Waals surface area contributed by atoms with Crippen LogP contribution >= 0.6 is 12.2 Å². The highest BCUT2D eigenvalue weighted by Gasteiger charge is 2.50. The molecule has 6 nitrogen and oxygen atoms in total. The fourth-order valence-corrected chi connectivity index (χ4v) is 2.65. The Kier molecular flexibility index (Phi) is 3.60. The third-order valence-corrected chi connectivity index (χ3v) is 3.72. The Hall–Kier alpha value is -1.50. The summed E-state index contributed by atoms with van der Waals surface area (Å²) in [6.45, 7) is 2.53. The van der Waals surface area contributed by atoms with E-state index in [1.54, 1.807) is 0 Å². The molecule has 0 bridgehead atoms. The smallest absolute Gasteiger partial charge is 0.233 e. The zero-order valence-electron chi connectivity index (χ0n) is 10.2. The third-order valence-electron chi connectivity index (χ3n) is 3.33. The molecule has 0 aliphatic heterocycles. The molecule has 2 rings (SSSR count). The third kappa shape index (κ3) is 2.35. The van der Waals surface area contributed by atoms with Crippen molar-refractivity contribution in [3.8, 4) is 0 Å². The van der Waals surface area contributed by atoms with Gasteiger partial charge in [-0.1, -0.05) is 24.3 Å². The first-order valence-corrected chi connectivity index (χ1v) is 6.29. The molecule has 7 heteroatoms. The topological polar surface area (TPSA) is 94.0 Å². The Balaban J connectivity index is 1.85. The number of hydrogen-bond donors (Lipinski definition) is 2. The van der Waals surface area contributed by atoms with Crippen molar-refractivity contribution in [2.45, 2.75) is 26.2 Å². The minimum absolute atomic E-state index is 0.0902. The van der Waals surface area contributed by atoms with E-state index in [-0.39, 0.29) is 10.9 Å². The summed E-state index contributed by atoms with van der Waals surface area (Å²) >= 11 is 5.02. The van der Waals surface area contributed by atoms with E-state index in [0.717, 1.165) is 12.8 Å². The van der Waals surface area contributed by atoms with Gasteiger partial charge in [-0.15, -0.1) is 0 Å². The van der Waals surface area contributed by atoms with E-state index < -0.39 is 5.41 Å². The largest absolute Gasteiger partial charge is 0.392 e. The second-order valence-electron chi connectivity index (χ2n) is 4.80. The van der Waals surface area contributed by atoms with Gasteiger partial charge >= 0.3 is 0 Å². The second kappa shape index (κ2) is 5.01. The molecule has 1 fully saturated rings. The van der Waals surface area contributed by atoms with E-state index in [2.05, 4.69) is 22.4 Å². The van der Waals surface area contributed by atoms with Crippen LogP contribution in [0.3, 0.4) is 0 Å². The highest BCUT2D eigenvalue weighted by atomic mass is 32.1. The zero-order chi connectivity index (χ0) is 13.2. The first kappa shape index (κ1) is 12.9. The number of carbonyl (C=O) groups excluding carboxylic acids is 1. The van der Waals surface area contributed by atoms with Crippen molar-refractivity contribution in [1.29, 1.82) is 0 Å². The molecule has 18 heavy (non-hydrogen) atoms. The van der Waals surface area contributed by atoms with Gasteiger partial charge in [0.15, 0.2) is 6.33 Å². The van der Waals surface area contributed by atoms with Crippen LogP contribution in [0.5, 0.6) is 0 Å². The molecule has 0 radical (unpaired) electrons. The second-order valence-corrected chi connectivity index (χ2v) is 5.24. The lowest BCUT2D eigenvalue weighted by Crippen LogP contribution is -2.56. The molecular weight excluding hydrogens is 252 g/mol. The van der Waals surface area contributed by atoms with Gasteiger partial charge in [0.2, 0.25) is 11.8 Å². The Morgan fingerprint density at radius 2 is 2.44 bits per heavy atom. The summed E-state index contributed by atoms with van der Waals surface area (Å²) in [6.07, 6.45) is 3.30. The van der Waals surface area contributed by atoms with Crippen LogP contribution in [0, 0.1) is 11.3 Å². The summed E-state index contributed by atoms with van der Waals surface area (Å²) in [7, 11) is 0. The van der Waals surface area contributed by atoms with Crippen molar-refractivity contribution in [1.82, 2.24) is 15.5 Å². The number of nitrogens with zero attached hydrogens (tertiary/aromatic N) is 2. The molecule has 1 aromatic heterocycles. The highest BCUT2D eigenvalue weighted by molar-refractivity contribution is 7.80. The Morgan fingerprint density at radius 3 is 2.94 bits per heavy atom. The molecule has 1 aliphatic carbocycles. The lowest BCUT2D eigenvalue weighted by Gasteiger charge is -2.44. The standard InChI is InChI=1S/C11H16N4O2S/c1-7-4-11(5-7,9(12)18)10(16)13-3-2-8-14-6-15-17-8/h6-7H,2-5H2,1H3,(H2,12,18)(H,13,16). The van der Waals surface area contributed by atoms with Gasteiger partial charge in [-0.05, 0) is 18.8 Å². The first-order chi connectivity index (χ1) is 8.54. The number of amides is 1. The van der Waals surface area contributed by atoms with Crippen molar-refractivity contribution in [2.75, 3.05) is 6.54 Å². The normalized spacial score (nSPS) is 26.4. The molecule has 3 N–H and O–H groups in total. The van der Waals surface area contributed by atoms with E-state index in [1.165, 1.54) is 6.33 Å². The van der Waals surface area contributed by atoms with Crippen molar-refractivity contribution < 1.29 is 9.32 Å². The zero-order valence-corrected chi connectivity index (χ0v) is 11.0. The highest BCUT2D eigenvalue weighted by Crippen LogP contribution is 2.45. The average molecular weight is 268 g/mol. The fraction of sp³-hybridized carbons (Fsp3) is 0.636. The summed E-state index contributed by atoms with van der Waals surface area (Å²) in [5, 5.41) is 6.33. The molecule has 98 valence electrons. The molecule has 1 aliphatic rings. The lowest BCUT2D eigenvalue weighted by atomic mass is 9.62. The van der Waals surface area contributed by atoms with Gasteiger partial charge in [-0.3, -0.25) is 4.79 Å². The fourth-order valence-electron chi connectivity index (χ4n) is 2.39. The van der Waals surface area contributed by atoms with Crippen molar-refractivity contribution in [3.05, 3.63) is 12.2 Å². The number of aromatic nitrogens is 2. The number of nitrogens with two attached hydrogens (primary N) is 1. The monoisotopic (exact) mass is 268 g/mol. The number of hydrogen-bond acceptors (Lipinski definition) is 5. The van der Waals surface area contributed by atoms with E-state index in [0.29, 0.717) is 24.8 Å². The van der Waals surface area contributed by atoms with E-state index in [9.17, 15) is 4.79 Å². The van der Waals surface area contributed by atoms with Crippen molar-refractivity contribution in [3.63, 3.8) is 0 Å². The van der Waals surface area contributed by atoms with Gasteiger partial charge in [0.25, 0.3) is 0 Å². The number of rotatable bonds is 5. The molecule has 1 aromatic rings. The van der Waals surface area contributed by atoms with Gasteiger partial charge in [0.1, 0.15) is 0 Å². The van der Waals surface area contributed by atoms with Gasteiger partial charge in [0.05, 0.1) is 10.4 Å². The maximum absolute atomic E-state index is 12.1. The molecule has 0 atom stereocenters. The van der Waals surface area contributed by atoms with Crippen LogP contribution in [0.15, 0.2) is 10.9 Å². The summed E-state index contributed by atoms with van der Waals surface area (Å²) in [4.78, 5) is 16.3. The SMILES string of the molecule is CC1CC(C(=O)NCCc2ncno2)(C(N)=S)C1. The molecule has 1 heterocycles. The Morgan fingerprint density at radius 1 is 1.72 bits per heavy atom. The van der Waals surface area contributed by atoms with Crippen LogP contribution in [-0.2, 0) is 11.2 Å². The molecule has 0 aromatic carbocycles.